The van der Waals surface area contributed by atoms with Crippen LogP contribution in [0.5, 0.6) is 11.5 Å². The summed E-state index contributed by atoms with van der Waals surface area (Å²) in [6.45, 7) is 5.32. The number of methoxy groups -OCH3 is 1. The Labute approximate surface area is 104 Å². The smallest absolute Gasteiger partial charge is 0.172 e. The van der Waals surface area contributed by atoms with Gasteiger partial charge in [-0.25, -0.2) is 0 Å². The zero-order valence-corrected chi connectivity index (χ0v) is 11.4. The Morgan fingerprint density at radius 2 is 2.00 bits per heavy atom. The standard InChI is InChI=1S/C12H15BrO3/c1-7(2)16-12-10(8(3)14)5-9(13)6-11(12)15-4/h5-7H,1-4H3. The number of Topliss-reactive ketones (excluding diaryl/α,β-unsaturated/α-hetero) is 1. The lowest BCUT2D eigenvalue weighted by Gasteiger charge is -2.16. The quantitative estimate of drug-likeness (QED) is 0.796. The first-order chi connectivity index (χ1) is 7.45. The van der Waals surface area contributed by atoms with Crippen molar-refractivity contribution in [2.24, 2.45) is 0 Å². The number of benzene rings is 1. The molecule has 0 spiro atoms. The fourth-order valence-corrected chi connectivity index (χ4v) is 1.78. The Bertz CT molecular complexity index is 399. The van der Waals surface area contributed by atoms with Crippen LogP contribution in [0.2, 0.25) is 0 Å². The molecule has 88 valence electrons. The molecule has 0 saturated carbocycles. The van der Waals surface area contributed by atoms with Crippen LogP contribution in [-0.2, 0) is 0 Å². The summed E-state index contributed by atoms with van der Waals surface area (Å²) in [5.41, 5.74) is 0.528. The minimum absolute atomic E-state index is 0.00632. The van der Waals surface area contributed by atoms with Gasteiger partial charge in [0.1, 0.15) is 0 Å². The number of carbonyl (C=O) groups excluding carboxylic acids is 1. The van der Waals surface area contributed by atoms with Gasteiger partial charge in [0.25, 0.3) is 0 Å². The van der Waals surface area contributed by atoms with Gasteiger partial charge in [-0.3, -0.25) is 4.79 Å². The fraction of sp³-hybridized carbons (Fsp3) is 0.417. The number of halogens is 1. The molecular weight excluding hydrogens is 272 g/mol. The minimum Gasteiger partial charge on any atom is -0.493 e. The molecule has 0 saturated heterocycles. The third kappa shape index (κ3) is 2.98. The molecule has 0 aliphatic heterocycles. The second-order valence-electron chi connectivity index (χ2n) is 3.71. The van der Waals surface area contributed by atoms with Crippen LogP contribution >= 0.6 is 15.9 Å². The lowest BCUT2D eigenvalue weighted by atomic mass is 10.1. The SMILES string of the molecule is COc1cc(Br)cc(C(C)=O)c1OC(C)C. The van der Waals surface area contributed by atoms with Crippen LogP contribution < -0.4 is 9.47 Å². The summed E-state index contributed by atoms with van der Waals surface area (Å²) in [7, 11) is 1.55. The van der Waals surface area contributed by atoms with E-state index in [0.717, 1.165) is 4.47 Å². The van der Waals surface area contributed by atoms with Crippen LogP contribution in [-0.4, -0.2) is 19.0 Å². The van der Waals surface area contributed by atoms with Crippen molar-refractivity contribution in [3.05, 3.63) is 22.2 Å². The predicted octanol–water partition coefficient (Wildman–Crippen LogP) is 3.45. The van der Waals surface area contributed by atoms with E-state index in [1.165, 1.54) is 6.92 Å². The summed E-state index contributed by atoms with van der Waals surface area (Å²) in [6, 6.07) is 3.52. The van der Waals surface area contributed by atoms with Gasteiger partial charge in [-0.2, -0.15) is 0 Å². The Balaban J connectivity index is 3.33. The zero-order chi connectivity index (χ0) is 12.3. The molecule has 0 atom stereocenters. The molecule has 0 unspecified atom stereocenters. The molecule has 0 N–H and O–H groups in total. The first-order valence-electron chi connectivity index (χ1n) is 5.00. The maximum Gasteiger partial charge on any atom is 0.172 e. The first-order valence-corrected chi connectivity index (χ1v) is 5.80. The molecule has 0 bridgehead atoms. The van der Waals surface area contributed by atoms with E-state index in [9.17, 15) is 4.79 Å². The van der Waals surface area contributed by atoms with Gasteiger partial charge in [0.05, 0.1) is 18.8 Å². The first kappa shape index (κ1) is 13.0. The van der Waals surface area contributed by atoms with E-state index in [0.29, 0.717) is 17.1 Å². The van der Waals surface area contributed by atoms with Crippen LogP contribution in [0.25, 0.3) is 0 Å². The van der Waals surface area contributed by atoms with Crippen molar-refractivity contribution in [3.63, 3.8) is 0 Å². The second-order valence-corrected chi connectivity index (χ2v) is 4.62. The highest BCUT2D eigenvalue weighted by atomic mass is 79.9. The Morgan fingerprint density at radius 1 is 1.38 bits per heavy atom. The second kappa shape index (κ2) is 5.34. The average molecular weight is 287 g/mol. The molecule has 1 aromatic carbocycles. The Hall–Kier alpha value is -1.03. The van der Waals surface area contributed by atoms with E-state index >= 15 is 0 Å². The van der Waals surface area contributed by atoms with Gasteiger partial charge in [-0.1, -0.05) is 15.9 Å². The normalized spacial score (nSPS) is 10.4. The van der Waals surface area contributed by atoms with Crippen LogP contribution in [0.3, 0.4) is 0 Å². The van der Waals surface area contributed by atoms with E-state index in [4.69, 9.17) is 9.47 Å². The summed E-state index contributed by atoms with van der Waals surface area (Å²) in [5, 5.41) is 0. The van der Waals surface area contributed by atoms with Crippen LogP contribution in [0, 0.1) is 0 Å². The van der Waals surface area contributed by atoms with Gasteiger partial charge in [-0.05, 0) is 32.9 Å². The van der Waals surface area contributed by atoms with Crippen molar-refractivity contribution in [2.45, 2.75) is 26.9 Å². The minimum atomic E-state index is -0.0461. The summed E-state index contributed by atoms with van der Waals surface area (Å²) in [6.07, 6.45) is -0.00632. The molecular formula is C12H15BrO3. The molecule has 0 fully saturated rings. The molecule has 1 rings (SSSR count). The zero-order valence-electron chi connectivity index (χ0n) is 9.83. The van der Waals surface area contributed by atoms with E-state index in [1.54, 1.807) is 19.2 Å². The van der Waals surface area contributed by atoms with Gasteiger partial charge < -0.3 is 9.47 Å². The molecule has 0 amide bonds. The topological polar surface area (TPSA) is 35.5 Å². The van der Waals surface area contributed by atoms with Gasteiger partial charge in [0.2, 0.25) is 0 Å². The summed E-state index contributed by atoms with van der Waals surface area (Å²) in [5.74, 6) is 1.02. The molecule has 0 aliphatic rings. The van der Waals surface area contributed by atoms with E-state index < -0.39 is 0 Å². The fourth-order valence-electron chi connectivity index (χ4n) is 1.34. The predicted molar refractivity (Wildman–Crippen MR) is 66.5 cm³/mol. The third-order valence-electron chi connectivity index (χ3n) is 1.97. The molecule has 1 aromatic rings. The Kier molecular flexibility index (Phi) is 4.35. The number of rotatable bonds is 4. The third-order valence-corrected chi connectivity index (χ3v) is 2.43. The maximum absolute atomic E-state index is 11.5. The molecule has 4 heteroatoms. The van der Waals surface area contributed by atoms with E-state index in [2.05, 4.69) is 15.9 Å². The largest absolute Gasteiger partial charge is 0.493 e. The highest BCUT2D eigenvalue weighted by Crippen LogP contribution is 2.35. The van der Waals surface area contributed by atoms with Gasteiger partial charge in [0.15, 0.2) is 17.3 Å². The number of ketones is 1. The van der Waals surface area contributed by atoms with Gasteiger partial charge >= 0.3 is 0 Å². The van der Waals surface area contributed by atoms with Crippen molar-refractivity contribution in [3.8, 4) is 11.5 Å². The molecule has 0 aromatic heterocycles. The summed E-state index contributed by atoms with van der Waals surface area (Å²) in [4.78, 5) is 11.5. The molecule has 3 nitrogen and oxygen atoms in total. The van der Waals surface area contributed by atoms with Crippen LogP contribution in [0.1, 0.15) is 31.1 Å². The van der Waals surface area contributed by atoms with Crippen molar-refractivity contribution >= 4 is 21.7 Å². The molecule has 16 heavy (non-hydrogen) atoms. The molecule has 0 radical (unpaired) electrons. The highest BCUT2D eigenvalue weighted by Gasteiger charge is 2.16. The van der Waals surface area contributed by atoms with Crippen LogP contribution in [0.4, 0.5) is 0 Å². The summed E-state index contributed by atoms with van der Waals surface area (Å²) < 4.78 is 11.6. The number of carbonyl (C=O) groups is 1. The van der Waals surface area contributed by atoms with Crippen molar-refractivity contribution < 1.29 is 14.3 Å². The number of hydrogen-bond acceptors (Lipinski definition) is 3. The monoisotopic (exact) mass is 286 g/mol. The number of ether oxygens (including phenoxy) is 2. The maximum atomic E-state index is 11.5. The summed E-state index contributed by atoms with van der Waals surface area (Å²) >= 11 is 3.33. The lowest BCUT2D eigenvalue weighted by molar-refractivity contribution is 0.101. The number of hydrogen-bond donors (Lipinski definition) is 0. The van der Waals surface area contributed by atoms with Crippen molar-refractivity contribution in [1.29, 1.82) is 0 Å². The van der Waals surface area contributed by atoms with E-state index in [-0.39, 0.29) is 11.9 Å². The Morgan fingerprint density at radius 3 is 2.44 bits per heavy atom. The van der Waals surface area contributed by atoms with Crippen LogP contribution in [0.15, 0.2) is 16.6 Å². The van der Waals surface area contributed by atoms with E-state index in [1.807, 2.05) is 13.8 Å². The average Bonchev–Trinajstić information content (AvgIpc) is 2.19. The molecule has 0 heterocycles. The highest BCUT2D eigenvalue weighted by molar-refractivity contribution is 9.10. The van der Waals surface area contributed by atoms with Gasteiger partial charge in [-0.15, -0.1) is 0 Å². The van der Waals surface area contributed by atoms with Gasteiger partial charge in [0, 0.05) is 4.47 Å². The van der Waals surface area contributed by atoms with Crippen molar-refractivity contribution in [2.75, 3.05) is 7.11 Å². The lowest BCUT2D eigenvalue weighted by Crippen LogP contribution is -2.10. The molecule has 0 aliphatic carbocycles. The van der Waals surface area contributed by atoms with Crippen molar-refractivity contribution in [1.82, 2.24) is 0 Å².